The smallest absolute Gasteiger partial charge is 0.302 e. The summed E-state index contributed by atoms with van der Waals surface area (Å²) >= 11 is 0. The monoisotopic (exact) mass is 409 g/mol. The number of aromatic amines is 1. The van der Waals surface area contributed by atoms with E-state index in [0.717, 1.165) is 29.5 Å². The number of hydrogen-bond donors (Lipinski definition) is 1. The number of aromatic nitrogens is 1. The minimum absolute atomic E-state index is 0.0958. The van der Waals surface area contributed by atoms with E-state index in [0.29, 0.717) is 35.4 Å². The Kier molecular flexibility index (Phi) is 6.02. The molecule has 3 rings (SSSR count). The van der Waals surface area contributed by atoms with Gasteiger partial charge in [0.15, 0.2) is 5.78 Å². The molecule has 5 nitrogen and oxygen atoms in total. The third-order valence-corrected chi connectivity index (χ3v) is 5.95. The van der Waals surface area contributed by atoms with Crippen LogP contribution in [-0.2, 0) is 16.0 Å². The van der Waals surface area contributed by atoms with Crippen LogP contribution in [0, 0.1) is 26.2 Å². The van der Waals surface area contributed by atoms with Crippen molar-refractivity contribution in [2.45, 2.75) is 66.7 Å². The van der Waals surface area contributed by atoms with E-state index in [1.165, 1.54) is 6.92 Å². The minimum Gasteiger partial charge on any atom is -0.465 e. The summed E-state index contributed by atoms with van der Waals surface area (Å²) in [5.41, 5.74) is 4.91. The van der Waals surface area contributed by atoms with Gasteiger partial charge < -0.3 is 9.72 Å². The number of esters is 1. The third kappa shape index (κ3) is 4.55. The second kappa shape index (κ2) is 8.21. The molecule has 1 heterocycles. The van der Waals surface area contributed by atoms with Crippen molar-refractivity contribution in [2.24, 2.45) is 5.41 Å². The normalized spacial score (nSPS) is 14.6. The van der Waals surface area contributed by atoms with Gasteiger partial charge in [-0.3, -0.25) is 14.4 Å². The third-order valence-electron chi connectivity index (χ3n) is 5.95. The highest BCUT2D eigenvalue weighted by atomic mass is 16.5. The maximum absolute atomic E-state index is 13.7. The molecule has 0 bridgehead atoms. The van der Waals surface area contributed by atoms with Gasteiger partial charge in [0.1, 0.15) is 0 Å². The van der Waals surface area contributed by atoms with Crippen molar-refractivity contribution in [3.05, 3.63) is 67.6 Å². The average Bonchev–Trinajstić information content (AvgIpc) is 3.40. The molecule has 1 N–H and O–H groups in total. The largest absolute Gasteiger partial charge is 0.465 e. The molecule has 5 heteroatoms. The number of rotatable bonds is 7. The first-order valence-electron chi connectivity index (χ1n) is 10.5. The molecule has 0 atom stereocenters. The van der Waals surface area contributed by atoms with Gasteiger partial charge >= 0.3 is 5.97 Å². The SMILES string of the molecule is CC(=O)OCC1(Cc2c(C)[nH]c(=O)c(C(C)C)c2C(=O)c2cc(C)cc(C)c2)CC1. The molecule has 2 aromatic rings. The number of ketones is 1. The lowest BCUT2D eigenvalue weighted by Gasteiger charge is -2.22. The number of pyridine rings is 1. The molecular weight excluding hydrogens is 378 g/mol. The van der Waals surface area contributed by atoms with Crippen molar-refractivity contribution in [3.8, 4) is 0 Å². The number of H-pyrrole nitrogens is 1. The highest BCUT2D eigenvalue weighted by Gasteiger charge is 2.45. The van der Waals surface area contributed by atoms with Crippen LogP contribution in [0.1, 0.15) is 83.4 Å². The first kappa shape index (κ1) is 22.0. The molecule has 30 heavy (non-hydrogen) atoms. The Morgan fingerprint density at radius 2 is 1.70 bits per heavy atom. The van der Waals surface area contributed by atoms with Gasteiger partial charge in [0.2, 0.25) is 0 Å². The van der Waals surface area contributed by atoms with Crippen LogP contribution in [0.25, 0.3) is 0 Å². The number of aryl methyl sites for hydroxylation is 3. The standard InChI is InChI=1S/C25H31NO4/c1-14(2)21-22(23(28)19-10-15(3)9-16(4)11-19)20(17(5)26-24(21)29)12-25(7-8-25)13-30-18(6)27/h9-11,14H,7-8,12-13H2,1-6H3,(H,26,29). The van der Waals surface area contributed by atoms with Gasteiger partial charge in [0.25, 0.3) is 5.56 Å². The van der Waals surface area contributed by atoms with E-state index >= 15 is 0 Å². The van der Waals surface area contributed by atoms with E-state index in [1.54, 1.807) is 0 Å². The van der Waals surface area contributed by atoms with Gasteiger partial charge in [-0.15, -0.1) is 0 Å². The fourth-order valence-corrected chi connectivity index (χ4v) is 4.24. The molecule has 1 aliphatic carbocycles. The predicted molar refractivity (Wildman–Crippen MR) is 117 cm³/mol. The van der Waals surface area contributed by atoms with Crippen LogP contribution in [0.3, 0.4) is 0 Å². The van der Waals surface area contributed by atoms with Crippen LogP contribution in [-0.4, -0.2) is 23.3 Å². The molecular formula is C25H31NO4. The molecule has 0 aliphatic heterocycles. The fourth-order valence-electron chi connectivity index (χ4n) is 4.24. The van der Waals surface area contributed by atoms with E-state index in [1.807, 2.05) is 52.8 Å². The average molecular weight is 410 g/mol. The lowest BCUT2D eigenvalue weighted by atomic mass is 9.84. The Labute approximate surface area is 177 Å². The van der Waals surface area contributed by atoms with Crippen LogP contribution < -0.4 is 5.56 Å². The first-order chi connectivity index (χ1) is 14.0. The molecule has 0 saturated heterocycles. The zero-order valence-electron chi connectivity index (χ0n) is 18.8. The predicted octanol–water partition coefficient (Wildman–Crippen LogP) is 4.54. The van der Waals surface area contributed by atoms with E-state index in [4.69, 9.17) is 4.74 Å². The van der Waals surface area contributed by atoms with Gasteiger partial charge in [-0.25, -0.2) is 0 Å². The van der Waals surface area contributed by atoms with Crippen LogP contribution in [0.2, 0.25) is 0 Å². The van der Waals surface area contributed by atoms with Crippen LogP contribution in [0.15, 0.2) is 23.0 Å². The van der Waals surface area contributed by atoms with E-state index < -0.39 is 0 Å². The summed E-state index contributed by atoms with van der Waals surface area (Å²) in [7, 11) is 0. The van der Waals surface area contributed by atoms with E-state index in [9.17, 15) is 14.4 Å². The Morgan fingerprint density at radius 1 is 1.10 bits per heavy atom. The molecule has 0 unspecified atom stereocenters. The molecule has 1 saturated carbocycles. The Balaban J connectivity index is 2.15. The second-order valence-electron chi connectivity index (χ2n) is 9.16. The minimum atomic E-state index is -0.297. The molecule has 1 aromatic carbocycles. The van der Waals surface area contributed by atoms with Crippen molar-refractivity contribution >= 4 is 11.8 Å². The lowest BCUT2D eigenvalue weighted by Crippen LogP contribution is -2.26. The fraction of sp³-hybridized carbons (Fsp3) is 0.480. The number of hydrogen-bond acceptors (Lipinski definition) is 4. The topological polar surface area (TPSA) is 76.2 Å². The maximum atomic E-state index is 13.7. The zero-order chi connectivity index (χ0) is 22.2. The summed E-state index contributed by atoms with van der Waals surface area (Å²) in [5.74, 6) is -0.506. The summed E-state index contributed by atoms with van der Waals surface area (Å²) in [5, 5.41) is 0. The van der Waals surface area contributed by atoms with Crippen molar-refractivity contribution in [2.75, 3.05) is 6.61 Å². The summed E-state index contributed by atoms with van der Waals surface area (Å²) in [4.78, 5) is 40.9. The van der Waals surface area contributed by atoms with E-state index in [-0.39, 0.29) is 28.6 Å². The summed E-state index contributed by atoms with van der Waals surface area (Å²) in [6, 6.07) is 5.79. The highest BCUT2D eigenvalue weighted by Crippen LogP contribution is 2.49. The molecule has 0 amide bonds. The molecule has 160 valence electrons. The van der Waals surface area contributed by atoms with Crippen LogP contribution in [0.4, 0.5) is 0 Å². The number of carbonyl (C=O) groups is 2. The lowest BCUT2D eigenvalue weighted by molar-refractivity contribution is -0.142. The van der Waals surface area contributed by atoms with Crippen LogP contribution in [0.5, 0.6) is 0 Å². The number of nitrogens with one attached hydrogen (secondary N) is 1. The number of carbonyl (C=O) groups excluding carboxylic acids is 2. The van der Waals surface area contributed by atoms with Crippen molar-refractivity contribution < 1.29 is 14.3 Å². The second-order valence-corrected chi connectivity index (χ2v) is 9.16. The van der Waals surface area contributed by atoms with Crippen molar-refractivity contribution in [1.82, 2.24) is 4.98 Å². The van der Waals surface area contributed by atoms with Gasteiger partial charge in [0, 0.05) is 34.7 Å². The van der Waals surface area contributed by atoms with Crippen molar-refractivity contribution in [3.63, 3.8) is 0 Å². The highest BCUT2D eigenvalue weighted by molar-refractivity contribution is 6.11. The maximum Gasteiger partial charge on any atom is 0.302 e. The number of ether oxygens (including phenoxy) is 1. The van der Waals surface area contributed by atoms with Gasteiger partial charge in [-0.2, -0.15) is 0 Å². The molecule has 1 aromatic heterocycles. The van der Waals surface area contributed by atoms with Gasteiger partial charge in [-0.1, -0.05) is 31.0 Å². The Hall–Kier alpha value is -2.69. The quantitative estimate of drug-likeness (QED) is 0.538. The van der Waals surface area contributed by atoms with Gasteiger partial charge in [-0.05, 0) is 63.6 Å². The summed E-state index contributed by atoms with van der Waals surface area (Å²) in [6.45, 7) is 11.4. The Bertz CT molecular complexity index is 1040. The van der Waals surface area contributed by atoms with Crippen molar-refractivity contribution in [1.29, 1.82) is 0 Å². The van der Waals surface area contributed by atoms with Gasteiger partial charge in [0.05, 0.1) is 6.61 Å². The summed E-state index contributed by atoms with van der Waals surface area (Å²) in [6.07, 6.45) is 2.48. The van der Waals surface area contributed by atoms with E-state index in [2.05, 4.69) is 4.98 Å². The first-order valence-corrected chi connectivity index (χ1v) is 10.5. The number of benzene rings is 1. The Morgan fingerprint density at radius 3 is 2.20 bits per heavy atom. The zero-order valence-corrected chi connectivity index (χ0v) is 18.8. The van der Waals surface area contributed by atoms with Crippen LogP contribution >= 0.6 is 0 Å². The molecule has 0 spiro atoms. The summed E-state index contributed by atoms with van der Waals surface area (Å²) < 4.78 is 5.30. The molecule has 1 aliphatic rings. The molecule has 0 radical (unpaired) electrons. The molecule has 1 fully saturated rings.